The monoisotopic (exact) mass is 236 g/mol. The SMILES string of the molecule is O=COc1c(F)cc(Br)cc1F. The Kier molecular flexibility index (Phi) is 2.75. The summed E-state index contributed by atoms with van der Waals surface area (Å²) < 4.78 is 29.8. The molecular weight excluding hydrogens is 234 g/mol. The zero-order valence-electron chi connectivity index (χ0n) is 5.68. The third kappa shape index (κ3) is 1.79. The van der Waals surface area contributed by atoms with E-state index in [0.717, 1.165) is 12.1 Å². The Hall–Kier alpha value is -0.970. The van der Waals surface area contributed by atoms with E-state index in [-0.39, 0.29) is 10.9 Å². The van der Waals surface area contributed by atoms with Crippen LogP contribution in [0.2, 0.25) is 0 Å². The van der Waals surface area contributed by atoms with Crippen LogP contribution >= 0.6 is 15.9 Å². The van der Waals surface area contributed by atoms with E-state index >= 15 is 0 Å². The van der Waals surface area contributed by atoms with Crippen molar-refractivity contribution in [3.8, 4) is 5.75 Å². The van der Waals surface area contributed by atoms with Crippen LogP contribution in [-0.2, 0) is 4.79 Å². The van der Waals surface area contributed by atoms with Crippen LogP contribution < -0.4 is 4.74 Å². The van der Waals surface area contributed by atoms with Crippen LogP contribution in [-0.4, -0.2) is 6.47 Å². The average Bonchev–Trinajstić information content (AvgIpc) is 1.96. The van der Waals surface area contributed by atoms with E-state index in [1.165, 1.54) is 0 Å². The predicted octanol–water partition coefficient (Wildman–Crippen LogP) is 2.26. The average molecular weight is 237 g/mol. The number of hydrogen-bond acceptors (Lipinski definition) is 2. The molecule has 0 aromatic heterocycles. The first kappa shape index (κ1) is 9.12. The number of rotatable bonds is 2. The minimum atomic E-state index is -0.922. The number of halogens is 3. The van der Waals surface area contributed by atoms with Gasteiger partial charge in [-0.15, -0.1) is 0 Å². The molecule has 0 N–H and O–H groups in total. The van der Waals surface area contributed by atoms with E-state index in [0.29, 0.717) is 0 Å². The molecule has 1 aromatic carbocycles. The van der Waals surface area contributed by atoms with Crippen molar-refractivity contribution in [2.45, 2.75) is 0 Å². The second-order valence-electron chi connectivity index (χ2n) is 1.91. The van der Waals surface area contributed by atoms with Gasteiger partial charge in [0.1, 0.15) is 0 Å². The topological polar surface area (TPSA) is 26.3 Å². The molecule has 0 atom stereocenters. The molecule has 0 radical (unpaired) electrons. The third-order valence-electron chi connectivity index (χ3n) is 1.13. The summed E-state index contributed by atoms with van der Waals surface area (Å²) in [6, 6.07) is 2.00. The summed E-state index contributed by atoms with van der Waals surface area (Å²) >= 11 is 2.87. The lowest BCUT2D eigenvalue weighted by atomic mass is 10.3. The van der Waals surface area contributed by atoms with Crippen LogP contribution in [0, 0.1) is 11.6 Å². The highest BCUT2D eigenvalue weighted by molar-refractivity contribution is 9.10. The van der Waals surface area contributed by atoms with Crippen molar-refractivity contribution in [2.75, 3.05) is 0 Å². The van der Waals surface area contributed by atoms with E-state index in [1.54, 1.807) is 0 Å². The quantitative estimate of drug-likeness (QED) is 0.737. The van der Waals surface area contributed by atoms with Gasteiger partial charge in [-0.2, -0.15) is 0 Å². The summed E-state index contributed by atoms with van der Waals surface area (Å²) in [5.41, 5.74) is 0. The Morgan fingerprint density at radius 1 is 1.33 bits per heavy atom. The number of benzene rings is 1. The first-order valence-electron chi connectivity index (χ1n) is 2.90. The van der Waals surface area contributed by atoms with E-state index in [2.05, 4.69) is 20.7 Å². The molecule has 1 aromatic rings. The van der Waals surface area contributed by atoms with Crippen LogP contribution in [0.4, 0.5) is 8.78 Å². The van der Waals surface area contributed by atoms with Crippen molar-refractivity contribution in [3.63, 3.8) is 0 Å². The molecule has 0 spiro atoms. The first-order chi connectivity index (χ1) is 5.65. The van der Waals surface area contributed by atoms with Gasteiger partial charge in [0.15, 0.2) is 11.6 Å². The fraction of sp³-hybridized carbons (Fsp3) is 0. The molecule has 0 fully saturated rings. The van der Waals surface area contributed by atoms with Gasteiger partial charge in [0, 0.05) is 4.47 Å². The van der Waals surface area contributed by atoms with Crippen molar-refractivity contribution in [1.82, 2.24) is 0 Å². The normalized spacial score (nSPS) is 9.58. The molecule has 2 nitrogen and oxygen atoms in total. The fourth-order valence-electron chi connectivity index (χ4n) is 0.690. The van der Waals surface area contributed by atoms with Crippen LogP contribution in [0.25, 0.3) is 0 Å². The lowest BCUT2D eigenvalue weighted by Gasteiger charge is -2.01. The summed E-state index contributed by atoms with van der Waals surface area (Å²) in [4.78, 5) is 9.80. The number of carbonyl (C=O) groups is 1. The van der Waals surface area contributed by atoms with Crippen molar-refractivity contribution in [2.24, 2.45) is 0 Å². The van der Waals surface area contributed by atoms with E-state index in [4.69, 9.17) is 0 Å². The molecule has 0 unspecified atom stereocenters. The van der Waals surface area contributed by atoms with Crippen LogP contribution in [0.1, 0.15) is 0 Å². The molecule has 0 aliphatic rings. The number of hydrogen-bond donors (Lipinski definition) is 0. The van der Waals surface area contributed by atoms with E-state index in [1.807, 2.05) is 0 Å². The van der Waals surface area contributed by atoms with Gasteiger partial charge >= 0.3 is 0 Å². The maximum Gasteiger partial charge on any atom is 0.298 e. The second-order valence-corrected chi connectivity index (χ2v) is 2.83. The predicted molar refractivity (Wildman–Crippen MR) is 40.8 cm³/mol. The molecule has 0 bridgehead atoms. The standard InChI is InChI=1S/C7H3BrF2O2/c8-4-1-5(9)7(12-3-11)6(10)2-4/h1-3H. The zero-order chi connectivity index (χ0) is 9.14. The highest BCUT2D eigenvalue weighted by Crippen LogP contribution is 2.25. The van der Waals surface area contributed by atoms with Crippen molar-refractivity contribution in [3.05, 3.63) is 28.2 Å². The lowest BCUT2D eigenvalue weighted by molar-refractivity contribution is -0.121. The Bertz CT molecular complexity index is 291. The Labute approximate surface area is 75.3 Å². The Morgan fingerprint density at radius 2 is 1.83 bits per heavy atom. The second kappa shape index (κ2) is 3.62. The molecule has 12 heavy (non-hydrogen) atoms. The van der Waals surface area contributed by atoms with E-state index in [9.17, 15) is 13.6 Å². The highest BCUT2D eigenvalue weighted by Gasteiger charge is 2.11. The van der Waals surface area contributed by atoms with Gasteiger partial charge in [-0.25, -0.2) is 8.78 Å². The summed E-state index contributed by atoms with van der Waals surface area (Å²) in [5, 5.41) is 0. The zero-order valence-corrected chi connectivity index (χ0v) is 7.27. The summed E-state index contributed by atoms with van der Waals surface area (Å²) in [7, 11) is 0. The number of carbonyl (C=O) groups excluding carboxylic acids is 1. The minimum Gasteiger partial charge on any atom is -0.422 e. The molecule has 0 heterocycles. The van der Waals surface area contributed by atoms with Gasteiger partial charge < -0.3 is 4.74 Å². The Morgan fingerprint density at radius 3 is 2.25 bits per heavy atom. The van der Waals surface area contributed by atoms with Crippen molar-refractivity contribution in [1.29, 1.82) is 0 Å². The van der Waals surface area contributed by atoms with Crippen molar-refractivity contribution < 1.29 is 18.3 Å². The molecule has 0 saturated carbocycles. The van der Waals surface area contributed by atoms with Gasteiger partial charge in [-0.1, -0.05) is 15.9 Å². The molecule has 5 heteroatoms. The maximum absolute atomic E-state index is 12.7. The molecule has 64 valence electrons. The maximum atomic E-state index is 12.7. The molecular formula is C7H3BrF2O2. The van der Waals surface area contributed by atoms with Gasteiger partial charge in [0.25, 0.3) is 6.47 Å². The van der Waals surface area contributed by atoms with E-state index < -0.39 is 17.4 Å². The summed E-state index contributed by atoms with van der Waals surface area (Å²) in [6.07, 6.45) is 0. The largest absolute Gasteiger partial charge is 0.422 e. The molecule has 1 rings (SSSR count). The van der Waals surface area contributed by atoms with Crippen molar-refractivity contribution >= 4 is 22.4 Å². The molecule has 0 aliphatic heterocycles. The molecule has 0 aliphatic carbocycles. The highest BCUT2D eigenvalue weighted by atomic mass is 79.9. The molecule has 0 saturated heterocycles. The molecule has 0 amide bonds. The van der Waals surface area contributed by atoms with Crippen LogP contribution in [0.5, 0.6) is 5.75 Å². The first-order valence-corrected chi connectivity index (χ1v) is 3.69. The van der Waals surface area contributed by atoms with Gasteiger partial charge in [-0.3, -0.25) is 4.79 Å². The lowest BCUT2D eigenvalue weighted by Crippen LogP contribution is -1.95. The van der Waals surface area contributed by atoms with Gasteiger partial charge in [-0.05, 0) is 12.1 Å². The minimum absolute atomic E-state index is 0.0323. The smallest absolute Gasteiger partial charge is 0.298 e. The van der Waals surface area contributed by atoms with Crippen LogP contribution in [0.3, 0.4) is 0 Å². The summed E-state index contributed by atoms with van der Waals surface area (Å²) in [6.45, 7) is -0.0323. The summed E-state index contributed by atoms with van der Waals surface area (Å²) in [5.74, 6) is -2.53. The number of ether oxygens (including phenoxy) is 1. The van der Waals surface area contributed by atoms with Crippen LogP contribution in [0.15, 0.2) is 16.6 Å². The fourth-order valence-corrected chi connectivity index (χ4v) is 1.09. The van der Waals surface area contributed by atoms with Gasteiger partial charge in [0.05, 0.1) is 0 Å². The Balaban J connectivity index is 3.18. The van der Waals surface area contributed by atoms with Gasteiger partial charge in [0.2, 0.25) is 5.75 Å². The third-order valence-corrected chi connectivity index (χ3v) is 1.59.